The highest BCUT2D eigenvalue weighted by molar-refractivity contribution is 5.94. The van der Waals surface area contributed by atoms with Gasteiger partial charge in [-0.2, -0.15) is 0 Å². The number of hydrogen-bond donors (Lipinski definition) is 2. The van der Waals surface area contributed by atoms with E-state index in [2.05, 4.69) is 30.9 Å². The van der Waals surface area contributed by atoms with Crippen LogP contribution in [0.5, 0.6) is 5.75 Å². The fourth-order valence-electron chi connectivity index (χ4n) is 6.19. The summed E-state index contributed by atoms with van der Waals surface area (Å²) < 4.78 is 5.76. The number of ether oxygens (including phenoxy) is 1. The smallest absolute Gasteiger partial charge is 0.254 e. The van der Waals surface area contributed by atoms with E-state index in [0.717, 1.165) is 35.8 Å². The lowest BCUT2D eigenvalue weighted by Gasteiger charge is -2.37. The predicted octanol–water partition coefficient (Wildman–Crippen LogP) is 5.35. The van der Waals surface area contributed by atoms with Crippen LogP contribution < -0.4 is 4.74 Å². The van der Waals surface area contributed by atoms with Crippen molar-refractivity contribution in [3.63, 3.8) is 0 Å². The minimum atomic E-state index is -0.0754. The monoisotopic (exact) mass is 518 g/mol. The molecule has 1 aliphatic heterocycles. The number of imidazole rings is 2. The van der Waals surface area contributed by atoms with E-state index in [4.69, 9.17) is 4.74 Å². The Kier molecular flexibility index (Phi) is 9.12. The zero-order chi connectivity index (χ0) is 26.2. The zero-order valence-electron chi connectivity index (χ0n) is 22.7. The van der Waals surface area contributed by atoms with Crippen molar-refractivity contribution in [1.29, 1.82) is 0 Å². The van der Waals surface area contributed by atoms with Gasteiger partial charge in [0.05, 0.1) is 20.2 Å². The second-order valence-electron chi connectivity index (χ2n) is 10.9. The number of H-pyrrole nitrogens is 2. The second kappa shape index (κ2) is 13.1. The number of hydrogen-bond acceptors (Lipinski definition) is 5. The predicted molar refractivity (Wildman–Crippen MR) is 148 cm³/mol. The van der Waals surface area contributed by atoms with Crippen LogP contribution in [0.4, 0.5) is 0 Å². The number of rotatable bonds is 10. The average molecular weight is 519 g/mol. The largest absolute Gasteiger partial charge is 0.496 e. The normalized spacial score (nSPS) is 17.8. The highest BCUT2D eigenvalue weighted by Gasteiger charge is 2.26. The molecule has 8 nitrogen and oxygen atoms in total. The van der Waals surface area contributed by atoms with Crippen molar-refractivity contribution in [3.05, 3.63) is 65.8 Å². The molecule has 0 unspecified atom stereocenters. The van der Waals surface area contributed by atoms with Crippen LogP contribution in [0.1, 0.15) is 85.4 Å². The number of piperidine rings is 1. The second-order valence-corrected chi connectivity index (χ2v) is 10.9. The standard InChI is InChI=1S/C30H42N6O2/c1-38-27-20-25(30(37)36(21-28-31-14-15-32-28)22-29-33-16-17-34-29)11-10-24(27)9-8-23-12-18-35(19-13-23)26-6-4-2-3-5-7-26/h10-11,14-17,20,23,26H,2-9,12-13,18-19,21-22H2,1H3,(H,31,32)(H,33,34). The first-order chi connectivity index (χ1) is 18.7. The molecule has 1 saturated carbocycles. The number of amides is 1. The van der Waals surface area contributed by atoms with E-state index in [0.29, 0.717) is 18.7 Å². The van der Waals surface area contributed by atoms with Gasteiger partial charge >= 0.3 is 0 Å². The third kappa shape index (κ3) is 6.84. The Morgan fingerprint density at radius 2 is 1.63 bits per heavy atom. The molecule has 2 N–H and O–H groups in total. The number of aryl methyl sites for hydroxylation is 1. The van der Waals surface area contributed by atoms with Gasteiger partial charge in [0.15, 0.2) is 0 Å². The van der Waals surface area contributed by atoms with E-state index in [1.165, 1.54) is 76.4 Å². The molecule has 0 spiro atoms. The van der Waals surface area contributed by atoms with E-state index in [1.54, 1.807) is 36.8 Å². The molecule has 1 amide bonds. The van der Waals surface area contributed by atoms with E-state index in [-0.39, 0.29) is 5.91 Å². The van der Waals surface area contributed by atoms with Crippen molar-refractivity contribution in [3.8, 4) is 5.75 Å². The lowest BCUT2D eigenvalue weighted by molar-refractivity contribution is 0.0721. The fourth-order valence-corrected chi connectivity index (χ4v) is 6.19. The number of aromatic amines is 2. The molecular formula is C30H42N6O2. The summed E-state index contributed by atoms with van der Waals surface area (Å²) >= 11 is 0. The number of aromatic nitrogens is 4. The van der Waals surface area contributed by atoms with Crippen LogP contribution in [0.2, 0.25) is 0 Å². The summed E-state index contributed by atoms with van der Waals surface area (Å²) in [5.74, 6) is 2.95. The summed E-state index contributed by atoms with van der Waals surface area (Å²) in [5.41, 5.74) is 1.79. The highest BCUT2D eigenvalue weighted by Crippen LogP contribution is 2.30. The molecule has 2 aliphatic rings. The molecule has 2 fully saturated rings. The van der Waals surface area contributed by atoms with Crippen LogP contribution >= 0.6 is 0 Å². The summed E-state index contributed by atoms with van der Waals surface area (Å²) in [5, 5.41) is 0. The van der Waals surface area contributed by atoms with Gasteiger partial charge in [-0.1, -0.05) is 31.7 Å². The van der Waals surface area contributed by atoms with Crippen LogP contribution in [0.15, 0.2) is 43.0 Å². The molecule has 0 radical (unpaired) electrons. The van der Waals surface area contributed by atoms with Gasteiger partial charge in [-0.25, -0.2) is 9.97 Å². The van der Waals surface area contributed by atoms with Gasteiger partial charge in [0.2, 0.25) is 0 Å². The molecule has 1 aromatic carbocycles. The molecule has 1 saturated heterocycles. The molecule has 3 heterocycles. The van der Waals surface area contributed by atoms with Crippen molar-refractivity contribution in [1.82, 2.24) is 29.7 Å². The third-order valence-electron chi connectivity index (χ3n) is 8.42. The highest BCUT2D eigenvalue weighted by atomic mass is 16.5. The zero-order valence-corrected chi connectivity index (χ0v) is 22.7. The SMILES string of the molecule is COc1cc(C(=O)N(Cc2ncc[nH]2)Cc2ncc[nH]2)ccc1CCC1CCN(C2CCCCCC2)CC1. The molecule has 3 aromatic rings. The van der Waals surface area contributed by atoms with Crippen LogP contribution in [-0.4, -0.2) is 61.9 Å². The minimum Gasteiger partial charge on any atom is -0.496 e. The maximum Gasteiger partial charge on any atom is 0.254 e. The summed E-state index contributed by atoms with van der Waals surface area (Å²) in [7, 11) is 1.70. The molecule has 0 atom stereocenters. The first-order valence-corrected chi connectivity index (χ1v) is 14.4. The fraction of sp³-hybridized carbons (Fsp3) is 0.567. The molecular weight excluding hydrogens is 476 g/mol. The number of carbonyl (C=O) groups excluding carboxylic acids is 1. The Balaban J connectivity index is 1.19. The summed E-state index contributed by atoms with van der Waals surface area (Å²) in [6.07, 6.45) is 20.1. The van der Waals surface area contributed by atoms with Crippen LogP contribution in [0.25, 0.3) is 0 Å². The molecule has 8 heteroatoms. The maximum atomic E-state index is 13.5. The van der Waals surface area contributed by atoms with E-state index in [9.17, 15) is 4.79 Å². The number of nitrogens with zero attached hydrogens (tertiary/aromatic N) is 4. The third-order valence-corrected chi connectivity index (χ3v) is 8.42. The lowest BCUT2D eigenvalue weighted by atomic mass is 9.89. The van der Waals surface area contributed by atoms with Gasteiger partial charge in [-0.05, 0) is 75.2 Å². The Labute approximate surface area is 226 Å². The first kappa shape index (κ1) is 26.5. The maximum absolute atomic E-state index is 13.5. The Morgan fingerprint density at radius 1 is 0.974 bits per heavy atom. The molecule has 204 valence electrons. The topological polar surface area (TPSA) is 90.1 Å². The Hall–Kier alpha value is -3.13. The van der Waals surface area contributed by atoms with E-state index >= 15 is 0 Å². The van der Waals surface area contributed by atoms with E-state index in [1.807, 2.05) is 12.1 Å². The number of carbonyl (C=O) groups is 1. The van der Waals surface area contributed by atoms with Gasteiger partial charge in [-0.3, -0.25) is 4.79 Å². The number of likely N-dealkylation sites (tertiary alicyclic amines) is 1. The summed E-state index contributed by atoms with van der Waals surface area (Å²) in [6.45, 7) is 3.24. The lowest BCUT2D eigenvalue weighted by Crippen LogP contribution is -2.41. The van der Waals surface area contributed by atoms with Gasteiger partial charge in [0, 0.05) is 36.4 Å². The van der Waals surface area contributed by atoms with Crippen LogP contribution in [0, 0.1) is 5.92 Å². The van der Waals surface area contributed by atoms with Crippen LogP contribution in [0.3, 0.4) is 0 Å². The van der Waals surface area contributed by atoms with Crippen molar-refractivity contribution < 1.29 is 9.53 Å². The molecule has 38 heavy (non-hydrogen) atoms. The first-order valence-electron chi connectivity index (χ1n) is 14.4. The number of nitrogens with one attached hydrogen (secondary N) is 2. The quantitative estimate of drug-likeness (QED) is 0.353. The minimum absolute atomic E-state index is 0.0754. The van der Waals surface area contributed by atoms with Gasteiger partial charge in [-0.15, -0.1) is 0 Å². The Bertz CT molecular complexity index is 1080. The van der Waals surface area contributed by atoms with Crippen molar-refractivity contribution in [2.75, 3.05) is 20.2 Å². The number of methoxy groups -OCH3 is 1. The van der Waals surface area contributed by atoms with Crippen LogP contribution in [-0.2, 0) is 19.5 Å². The van der Waals surface area contributed by atoms with Crippen molar-refractivity contribution >= 4 is 5.91 Å². The van der Waals surface area contributed by atoms with Crippen molar-refractivity contribution in [2.45, 2.75) is 83.3 Å². The van der Waals surface area contributed by atoms with E-state index < -0.39 is 0 Å². The van der Waals surface area contributed by atoms with Gasteiger partial charge in [0.1, 0.15) is 17.4 Å². The Morgan fingerprint density at radius 3 is 2.21 bits per heavy atom. The van der Waals surface area contributed by atoms with Crippen molar-refractivity contribution in [2.24, 2.45) is 5.92 Å². The number of benzene rings is 1. The van der Waals surface area contributed by atoms with Gasteiger partial charge in [0.25, 0.3) is 5.91 Å². The average Bonchev–Trinajstić information content (AvgIpc) is 3.60. The van der Waals surface area contributed by atoms with Gasteiger partial charge < -0.3 is 24.5 Å². The molecule has 2 aromatic heterocycles. The molecule has 5 rings (SSSR count). The molecule has 0 bridgehead atoms. The summed E-state index contributed by atoms with van der Waals surface area (Å²) in [6, 6.07) is 6.73. The molecule has 1 aliphatic carbocycles. The summed E-state index contributed by atoms with van der Waals surface area (Å²) in [4.78, 5) is 32.9.